The van der Waals surface area contributed by atoms with Gasteiger partial charge in [-0.2, -0.15) is 9.83 Å². The number of rotatable bonds is 5. The van der Waals surface area contributed by atoms with Gasteiger partial charge in [-0.15, -0.1) is 0 Å². The highest BCUT2D eigenvalue weighted by atomic mass is 16.5. The molecule has 0 saturated heterocycles. The van der Waals surface area contributed by atoms with Crippen molar-refractivity contribution in [3.63, 3.8) is 0 Å². The summed E-state index contributed by atoms with van der Waals surface area (Å²) in [5.41, 5.74) is 1.34. The first kappa shape index (κ1) is 19.0. The van der Waals surface area contributed by atoms with Gasteiger partial charge in [-0.3, -0.25) is 4.79 Å². The van der Waals surface area contributed by atoms with E-state index < -0.39 is 5.97 Å². The molecule has 0 radical (unpaired) electrons. The molecular formula is C25H17N2O3+. The van der Waals surface area contributed by atoms with Crippen molar-refractivity contribution in [2.75, 3.05) is 0 Å². The fraction of sp³-hybridized carbons (Fsp3) is 0.0400. The van der Waals surface area contributed by atoms with Gasteiger partial charge in [-0.1, -0.05) is 48.5 Å². The van der Waals surface area contributed by atoms with Crippen LogP contribution >= 0.6 is 0 Å². The van der Waals surface area contributed by atoms with Gasteiger partial charge in [0.25, 0.3) is 5.69 Å². The molecule has 0 unspecified atom stereocenters. The number of benzene rings is 3. The molecule has 0 saturated carbocycles. The van der Waals surface area contributed by atoms with E-state index in [1.165, 1.54) is 0 Å². The van der Waals surface area contributed by atoms with Crippen LogP contribution in [0.3, 0.4) is 0 Å². The Labute approximate surface area is 173 Å². The van der Waals surface area contributed by atoms with Crippen LogP contribution < -0.4 is 9.30 Å². The second-order valence-corrected chi connectivity index (χ2v) is 6.69. The molecule has 4 rings (SSSR count). The van der Waals surface area contributed by atoms with Gasteiger partial charge in [-0.05, 0) is 35.7 Å². The first-order chi connectivity index (χ1) is 14.7. The number of Topliss-reactive ketones (excluding diaryl/α,β-unsaturated/α-hetero) is 1. The van der Waals surface area contributed by atoms with Crippen LogP contribution in [-0.4, -0.2) is 11.8 Å². The number of fused-ring (bicyclic) bond motifs is 1. The van der Waals surface area contributed by atoms with Crippen molar-refractivity contribution >= 4 is 22.5 Å². The number of carbonyl (C=O) groups excluding carboxylic acids is 2. The molecule has 0 bridgehead atoms. The Hall–Kier alpha value is -4.30. The van der Waals surface area contributed by atoms with Gasteiger partial charge in [0.1, 0.15) is 5.75 Å². The highest BCUT2D eigenvalue weighted by molar-refractivity contribution is 6.02. The van der Waals surface area contributed by atoms with Crippen molar-refractivity contribution in [2.45, 2.75) is 6.54 Å². The summed E-state index contributed by atoms with van der Waals surface area (Å²) in [5.74, 6) is -0.353. The highest BCUT2D eigenvalue weighted by Crippen LogP contribution is 2.19. The van der Waals surface area contributed by atoms with Crippen molar-refractivity contribution in [1.82, 2.24) is 0 Å². The number of ketones is 1. The fourth-order valence-electron chi connectivity index (χ4n) is 3.24. The molecule has 0 atom stereocenters. The Balaban J connectivity index is 1.72. The summed E-state index contributed by atoms with van der Waals surface area (Å²) in [6.07, 6.45) is 1.72. The van der Waals surface area contributed by atoms with Gasteiger partial charge in [0.15, 0.2) is 6.20 Å². The molecule has 30 heavy (non-hydrogen) atoms. The number of nitriles is 1. The minimum Gasteiger partial charge on any atom is -0.419 e. The van der Waals surface area contributed by atoms with Crippen LogP contribution in [0.5, 0.6) is 5.75 Å². The summed E-state index contributed by atoms with van der Waals surface area (Å²) in [6, 6.07) is 26.6. The molecule has 0 amide bonds. The molecule has 0 aliphatic carbocycles. The summed E-state index contributed by atoms with van der Waals surface area (Å²) >= 11 is 0. The van der Waals surface area contributed by atoms with E-state index in [-0.39, 0.29) is 12.3 Å². The van der Waals surface area contributed by atoms with E-state index in [1.54, 1.807) is 59.3 Å². The second-order valence-electron chi connectivity index (χ2n) is 6.69. The van der Waals surface area contributed by atoms with Gasteiger partial charge in [0, 0.05) is 11.6 Å². The van der Waals surface area contributed by atoms with E-state index in [1.807, 2.05) is 42.5 Å². The smallest absolute Gasteiger partial charge is 0.409 e. The average molecular weight is 393 g/mol. The summed E-state index contributed by atoms with van der Waals surface area (Å²) < 4.78 is 7.17. The van der Waals surface area contributed by atoms with E-state index >= 15 is 0 Å². The Bertz CT molecular complexity index is 1270. The Morgan fingerprint density at radius 2 is 1.57 bits per heavy atom. The molecule has 0 aliphatic rings. The molecular weight excluding hydrogens is 376 g/mol. The first-order valence-corrected chi connectivity index (χ1v) is 9.37. The van der Waals surface area contributed by atoms with Crippen LogP contribution in [0.1, 0.15) is 26.4 Å². The van der Waals surface area contributed by atoms with Crippen LogP contribution in [0.2, 0.25) is 0 Å². The first-order valence-electron chi connectivity index (χ1n) is 9.37. The maximum absolute atomic E-state index is 13.1. The van der Waals surface area contributed by atoms with E-state index in [4.69, 9.17) is 10.00 Å². The second kappa shape index (κ2) is 8.38. The van der Waals surface area contributed by atoms with Crippen molar-refractivity contribution < 1.29 is 18.9 Å². The maximum atomic E-state index is 13.1. The standard InChI is InChI=1S/C25H17N2O3/c26-16-18-10-12-21(13-11-18)30-25(29)24-22-9-5-4-6-19(22)14-15-27(24)17-23(28)20-7-2-1-3-8-20/h1-15H,17H2/q+1. The lowest BCUT2D eigenvalue weighted by atomic mass is 10.1. The van der Waals surface area contributed by atoms with Gasteiger partial charge in [-0.25, -0.2) is 4.79 Å². The number of nitrogens with zero attached hydrogens (tertiary/aromatic N) is 2. The third-order valence-electron chi connectivity index (χ3n) is 4.73. The minimum atomic E-state index is -0.572. The Morgan fingerprint density at radius 3 is 2.30 bits per heavy atom. The minimum absolute atomic E-state index is 0.00660. The normalized spacial score (nSPS) is 10.4. The van der Waals surface area contributed by atoms with Crippen LogP contribution in [0.15, 0.2) is 91.1 Å². The number of ether oxygens (including phenoxy) is 1. The number of hydrogen-bond donors (Lipinski definition) is 0. The lowest BCUT2D eigenvalue weighted by Crippen LogP contribution is -2.44. The van der Waals surface area contributed by atoms with Gasteiger partial charge >= 0.3 is 5.97 Å². The third kappa shape index (κ3) is 3.94. The Kier molecular flexibility index (Phi) is 5.31. The molecule has 3 aromatic carbocycles. The number of pyridine rings is 1. The van der Waals surface area contributed by atoms with Gasteiger partial charge < -0.3 is 4.74 Å². The summed E-state index contributed by atoms with van der Waals surface area (Å²) in [7, 11) is 0. The third-order valence-corrected chi connectivity index (χ3v) is 4.73. The molecule has 1 heterocycles. The molecule has 0 fully saturated rings. The van der Waals surface area contributed by atoms with Gasteiger partial charge in [0.2, 0.25) is 12.3 Å². The molecule has 5 heteroatoms. The average Bonchev–Trinajstić information content (AvgIpc) is 2.80. The SMILES string of the molecule is N#Cc1ccc(OC(=O)c2c3ccccc3cc[n+]2CC(=O)c2ccccc2)cc1. The van der Waals surface area contributed by atoms with Crippen LogP contribution in [0.25, 0.3) is 10.8 Å². The lowest BCUT2D eigenvalue weighted by molar-refractivity contribution is -0.684. The zero-order chi connectivity index (χ0) is 20.9. The van der Waals surface area contributed by atoms with Crippen LogP contribution in [-0.2, 0) is 6.54 Å². The number of esters is 1. The highest BCUT2D eigenvalue weighted by Gasteiger charge is 2.27. The number of hydrogen-bond acceptors (Lipinski definition) is 4. The predicted octanol–water partition coefficient (Wildman–Crippen LogP) is 4.10. The molecule has 1 aromatic heterocycles. The van der Waals surface area contributed by atoms with Crippen molar-refractivity contribution in [2.24, 2.45) is 0 Å². The fourth-order valence-corrected chi connectivity index (χ4v) is 3.24. The van der Waals surface area contributed by atoms with E-state index in [0.717, 1.165) is 5.39 Å². The molecule has 144 valence electrons. The summed E-state index contributed by atoms with van der Waals surface area (Å²) in [4.78, 5) is 25.9. The molecule has 0 aliphatic heterocycles. The van der Waals surface area contributed by atoms with Gasteiger partial charge in [0.05, 0.1) is 17.0 Å². The number of carbonyl (C=O) groups is 2. The van der Waals surface area contributed by atoms with Crippen LogP contribution in [0, 0.1) is 11.3 Å². The molecule has 4 aromatic rings. The summed E-state index contributed by atoms with van der Waals surface area (Å²) in [6.45, 7) is 0.00660. The monoisotopic (exact) mass is 393 g/mol. The Morgan fingerprint density at radius 1 is 0.867 bits per heavy atom. The quantitative estimate of drug-likeness (QED) is 0.221. The van der Waals surface area contributed by atoms with Crippen molar-refractivity contribution in [1.29, 1.82) is 5.26 Å². The zero-order valence-electron chi connectivity index (χ0n) is 16.0. The van der Waals surface area contributed by atoms with E-state index in [9.17, 15) is 9.59 Å². The molecule has 5 nitrogen and oxygen atoms in total. The largest absolute Gasteiger partial charge is 0.419 e. The lowest BCUT2D eigenvalue weighted by Gasteiger charge is -2.08. The van der Waals surface area contributed by atoms with Crippen LogP contribution in [0.4, 0.5) is 0 Å². The predicted molar refractivity (Wildman–Crippen MR) is 111 cm³/mol. The summed E-state index contributed by atoms with van der Waals surface area (Å²) in [5, 5.41) is 10.5. The van der Waals surface area contributed by atoms with E-state index in [0.29, 0.717) is 28.0 Å². The molecule has 0 N–H and O–H groups in total. The zero-order valence-corrected chi connectivity index (χ0v) is 16.0. The topological polar surface area (TPSA) is 71.0 Å². The number of aromatic nitrogens is 1. The maximum Gasteiger partial charge on any atom is 0.409 e. The van der Waals surface area contributed by atoms with E-state index in [2.05, 4.69) is 0 Å². The van der Waals surface area contributed by atoms with Crippen molar-refractivity contribution in [3.8, 4) is 11.8 Å². The van der Waals surface area contributed by atoms with Crippen molar-refractivity contribution in [3.05, 3.63) is 108 Å². The molecule has 0 spiro atoms.